The molecule has 9 heteroatoms. The van der Waals surface area contributed by atoms with E-state index in [1.165, 1.54) is 6.08 Å². The first-order valence-corrected chi connectivity index (χ1v) is 12.9. The molecule has 1 aliphatic rings. The number of nitrogens with one attached hydrogen (secondary N) is 3. The highest BCUT2D eigenvalue weighted by Crippen LogP contribution is 2.29. The van der Waals surface area contributed by atoms with Crippen LogP contribution in [0.1, 0.15) is 5.56 Å². The van der Waals surface area contributed by atoms with Gasteiger partial charge in [0.2, 0.25) is 11.9 Å². The highest BCUT2D eigenvalue weighted by Gasteiger charge is 2.15. The van der Waals surface area contributed by atoms with E-state index in [1.807, 2.05) is 48.5 Å². The number of fused-ring (bicyclic) bond motifs is 1. The van der Waals surface area contributed by atoms with E-state index in [4.69, 9.17) is 11.6 Å². The number of nitrogens with zero attached hydrogens (tertiary/aromatic N) is 4. The molecular formula is C29H30ClN7O. The summed E-state index contributed by atoms with van der Waals surface area (Å²) in [5.41, 5.74) is 3.38. The lowest BCUT2D eigenvalue weighted by molar-refractivity contribution is -0.111. The van der Waals surface area contributed by atoms with Gasteiger partial charge in [-0.05, 0) is 60.5 Å². The maximum atomic E-state index is 12.0. The molecule has 0 spiro atoms. The quantitative estimate of drug-likeness (QED) is 0.256. The van der Waals surface area contributed by atoms with Crippen molar-refractivity contribution < 1.29 is 4.79 Å². The van der Waals surface area contributed by atoms with Crippen LogP contribution >= 0.6 is 11.6 Å². The summed E-state index contributed by atoms with van der Waals surface area (Å²) in [6.45, 7) is 8.41. The lowest BCUT2D eigenvalue weighted by Crippen LogP contribution is -2.43. The Hall–Kier alpha value is -3.98. The van der Waals surface area contributed by atoms with Crippen LogP contribution in [0, 0.1) is 0 Å². The molecule has 0 saturated carbocycles. The highest BCUT2D eigenvalue weighted by atomic mass is 35.5. The Morgan fingerprint density at radius 3 is 2.58 bits per heavy atom. The van der Waals surface area contributed by atoms with Crippen LogP contribution < -0.4 is 16.0 Å². The Balaban J connectivity index is 1.36. The summed E-state index contributed by atoms with van der Waals surface area (Å²) in [6.07, 6.45) is 2.95. The van der Waals surface area contributed by atoms with Crippen molar-refractivity contribution in [2.75, 3.05) is 49.2 Å². The van der Waals surface area contributed by atoms with Crippen molar-refractivity contribution in [2.45, 2.75) is 6.54 Å². The molecule has 2 heterocycles. The van der Waals surface area contributed by atoms with E-state index in [0.717, 1.165) is 60.4 Å². The predicted molar refractivity (Wildman–Crippen MR) is 156 cm³/mol. The topological polar surface area (TPSA) is 85.4 Å². The number of halogens is 1. The van der Waals surface area contributed by atoms with Crippen molar-refractivity contribution in [2.24, 2.45) is 0 Å². The average Bonchev–Trinajstić information content (AvgIpc) is 2.90. The van der Waals surface area contributed by atoms with Crippen LogP contribution in [0.15, 0.2) is 79.5 Å². The average molecular weight is 528 g/mol. The Morgan fingerprint density at radius 1 is 1.00 bits per heavy atom. The van der Waals surface area contributed by atoms with Crippen molar-refractivity contribution >= 4 is 57.1 Å². The second kappa shape index (κ2) is 11.6. The van der Waals surface area contributed by atoms with Gasteiger partial charge in [0.15, 0.2) is 0 Å². The normalized spacial score (nSPS) is 14.3. The zero-order valence-corrected chi connectivity index (χ0v) is 22.0. The van der Waals surface area contributed by atoms with E-state index in [9.17, 15) is 4.79 Å². The van der Waals surface area contributed by atoms with Crippen molar-refractivity contribution in [3.63, 3.8) is 0 Å². The predicted octanol–water partition coefficient (Wildman–Crippen LogP) is 5.64. The summed E-state index contributed by atoms with van der Waals surface area (Å²) in [6, 6.07) is 19.6. The summed E-state index contributed by atoms with van der Waals surface area (Å²) >= 11 is 6.49. The summed E-state index contributed by atoms with van der Waals surface area (Å²) in [4.78, 5) is 25.8. The van der Waals surface area contributed by atoms with Gasteiger partial charge in [-0.3, -0.25) is 9.69 Å². The van der Waals surface area contributed by atoms with Gasteiger partial charge in [0.1, 0.15) is 5.82 Å². The Labute approximate surface area is 227 Å². The van der Waals surface area contributed by atoms with E-state index in [-0.39, 0.29) is 5.91 Å². The molecule has 0 bridgehead atoms. The second-order valence-electron chi connectivity index (χ2n) is 9.39. The molecule has 4 aromatic rings. The fourth-order valence-electron chi connectivity index (χ4n) is 4.49. The molecule has 3 aromatic carbocycles. The molecule has 1 saturated heterocycles. The molecule has 194 valence electrons. The van der Waals surface area contributed by atoms with Crippen LogP contribution in [-0.4, -0.2) is 58.9 Å². The maximum absolute atomic E-state index is 12.0. The number of piperazine rings is 1. The third-order valence-corrected chi connectivity index (χ3v) is 6.76. The molecule has 1 aromatic heterocycles. The first-order valence-electron chi connectivity index (χ1n) is 12.5. The number of carbonyl (C=O) groups excluding carboxylic acids is 1. The van der Waals surface area contributed by atoms with Gasteiger partial charge >= 0.3 is 0 Å². The van der Waals surface area contributed by atoms with Crippen LogP contribution in [-0.2, 0) is 11.3 Å². The molecule has 1 fully saturated rings. The minimum absolute atomic E-state index is 0.260. The van der Waals surface area contributed by atoms with Crippen molar-refractivity contribution in [3.8, 4) is 0 Å². The van der Waals surface area contributed by atoms with Crippen LogP contribution in [0.4, 0.5) is 28.8 Å². The number of benzene rings is 3. The number of likely N-dealkylation sites (N-methyl/N-ethyl adjacent to an activating group) is 1. The third kappa shape index (κ3) is 6.47. The van der Waals surface area contributed by atoms with Gasteiger partial charge in [-0.25, -0.2) is 4.98 Å². The Kier molecular flexibility index (Phi) is 7.83. The summed E-state index contributed by atoms with van der Waals surface area (Å²) in [5, 5.41) is 12.2. The molecule has 0 atom stereocenters. The minimum atomic E-state index is -0.260. The zero-order chi connectivity index (χ0) is 26.5. The number of anilines is 5. The summed E-state index contributed by atoms with van der Waals surface area (Å²) < 4.78 is 0. The second-order valence-corrected chi connectivity index (χ2v) is 9.79. The van der Waals surface area contributed by atoms with Crippen molar-refractivity contribution in [1.82, 2.24) is 19.8 Å². The number of amides is 1. The van der Waals surface area contributed by atoms with Crippen LogP contribution in [0.3, 0.4) is 0 Å². The number of aromatic nitrogens is 2. The van der Waals surface area contributed by atoms with E-state index in [2.05, 4.69) is 55.4 Å². The van der Waals surface area contributed by atoms with Gasteiger partial charge in [-0.15, -0.1) is 0 Å². The van der Waals surface area contributed by atoms with Gasteiger partial charge in [-0.2, -0.15) is 4.98 Å². The summed E-state index contributed by atoms with van der Waals surface area (Å²) in [7, 11) is 2.14. The Bertz CT molecular complexity index is 1470. The lowest BCUT2D eigenvalue weighted by Gasteiger charge is -2.32. The highest BCUT2D eigenvalue weighted by molar-refractivity contribution is 6.35. The van der Waals surface area contributed by atoms with E-state index in [1.54, 1.807) is 12.3 Å². The number of rotatable bonds is 8. The van der Waals surface area contributed by atoms with Crippen LogP contribution in [0.2, 0.25) is 5.02 Å². The van der Waals surface area contributed by atoms with Gasteiger partial charge in [0, 0.05) is 61.4 Å². The molecule has 1 amide bonds. The van der Waals surface area contributed by atoms with E-state index >= 15 is 0 Å². The SMILES string of the molecule is C=CC(=O)Nc1cc(CN2CCN(C)CC2)cc(Nc2nccc(Nc3cc(Cl)c4ccccc4c3)n2)c1. The molecule has 0 radical (unpaired) electrons. The Morgan fingerprint density at radius 2 is 1.76 bits per heavy atom. The molecule has 0 unspecified atom stereocenters. The molecule has 8 nitrogen and oxygen atoms in total. The fourth-order valence-corrected chi connectivity index (χ4v) is 4.78. The van der Waals surface area contributed by atoms with Crippen LogP contribution in [0.5, 0.6) is 0 Å². The van der Waals surface area contributed by atoms with Gasteiger partial charge in [0.25, 0.3) is 0 Å². The third-order valence-electron chi connectivity index (χ3n) is 6.44. The van der Waals surface area contributed by atoms with Gasteiger partial charge < -0.3 is 20.9 Å². The standard InChI is InChI=1S/C29H30ClN7O/c1-3-28(38)33-22-14-20(19-37-12-10-36(2)11-13-37)15-23(17-22)34-29-31-9-8-27(35-29)32-24-16-21-6-4-5-7-25(21)26(30)18-24/h3-9,14-18H,1,10-13,19H2,2H3,(H,33,38)(H2,31,32,34,35). The molecule has 0 aliphatic carbocycles. The number of hydrogen-bond acceptors (Lipinski definition) is 7. The molecule has 3 N–H and O–H groups in total. The molecule has 38 heavy (non-hydrogen) atoms. The van der Waals surface area contributed by atoms with E-state index in [0.29, 0.717) is 22.5 Å². The summed E-state index contributed by atoms with van der Waals surface area (Å²) in [5.74, 6) is 0.798. The fraction of sp³-hybridized carbons (Fsp3) is 0.207. The van der Waals surface area contributed by atoms with Crippen molar-refractivity contribution in [3.05, 3.63) is 90.1 Å². The first-order chi connectivity index (χ1) is 18.4. The lowest BCUT2D eigenvalue weighted by atomic mass is 10.1. The van der Waals surface area contributed by atoms with E-state index < -0.39 is 0 Å². The molecule has 1 aliphatic heterocycles. The van der Waals surface area contributed by atoms with Gasteiger partial charge in [-0.1, -0.05) is 42.4 Å². The number of carbonyl (C=O) groups is 1. The van der Waals surface area contributed by atoms with Gasteiger partial charge in [0.05, 0.1) is 5.02 Å². The van der Waals surface area contributed by atoms with Crippen molar-refractivity contribution in [1.29, 1.82) is 0 Å². The maximum Gasteiger partial charge on any atom is 0.247 e. The number of hydrogen-bond donors (Lipinski definition) is 3. The minimum Gasteiger partial charge on any atom is -0.340 e. The largest absolute Gasteiger partial charge is 0.340 e. The first kappa shape index (κ1) is 25.7. The van der Waals surface area contributed by atoms with Crippen LogP contribution in [0.25, 0.3) is 10.8 Å². The zero-order valence-electron chi connectivity index (χ0n) is 21.2. The smallest absolute Gasteiger partial charge is 0.247 e. The molecule has 5 rings (SSSR count). The molecular weight excluding hydrogens is 498 g/mol. The monoisotopic (exact) mass is 527 g/mol.